The molecule has 1 aromatic carbocycles. The number of rotatable bonds is 5. The molecule has 1 aliphatic carbocycles. The lowest BCUT2D eigenvalue weighted by Gasteiger charge is -2.30. The number of hydrogen-bond acceptors (Lipinski definition) is 2. The lowest BCUT2D eigenvalue weighted by Crippen LogP contribution is -2.27. The van der Waals surface area contributed by atoms with Gasteiger partial charge in [0.2, 0.25) is 0 Å². The Balaban J connectivity index is 1.87. The van der Waals surface area contributed by atoms with Crippen molar-refractivity contribution in [3.63, 3.8) is 0 Å². The summed E-state index contributed by atoms with van der Waals surface area (Å²) in [5.74, 6) is 1.99. The Morgan fingerprint density at radius 1 is 1.22 bits per heavy atom. The molecular formula is C16H24OS. The predicted octanol–water partition coefficient (Wildman–Crippen LogP) is 4.30. The zero-order chi connectivity index (χ0) is 12.8. The second-order valence-corrected chi connectivity index (χ2v) is 5.79. The highest BCUT2D eigenvalue weighted by atomic mass is 32.1. The summed E-state index contributed by atoms with van der Waals surface area (Å²) in [5.41, 5.74) is 1.34. The molecule has 1 aliphatic rings. The Labute approximate surface area is 116 Å². The van der Waals surface area contributed by atoms with Crippen molar-refractivity contribution >= 4 is 12.6 Å². The lowest BCUT2D eigenvalue weighted by atomic mass is 9.88. The maximum absolute atomic E-state index is 6.15. The maximum Gasteiger partial charge on any atom is 0.0600 e. The first-order valence-electron chi connectivity index (χ1n) is 7.08. The first kappa shape index (κ1) is 14.0. The van der Waals surface area contributed by atoms with E-state index in [-0.39, 0.29) is 0 Å². The Morgan fingerprint density at radius 2 is 1.94 bits per heavy atom. The molecule has 0 N–H and O–H groups in total. The highest BCUT2D eigenvalue weighted by Gasteiger charge is 2.23. The number of ether oxygens (including phenoxy) is 1. The first-order valence-corrected chi connectivity index (χ1v) is 7.72. The zero-order valence-electron chi connectivity index (χ0n) is 11.2. The topological polar surface area (TPSA) is 9.23 Å². The summed E-state index contributed by atoms with van der Waals surface area (Å²) in [5, 5.41) is 0. The number of thiol groups is 1. The Hall–Kier alpha value is -0.470. The summed E-state index contributed by atoms with van der Waals surface area (Å²) in [4.78, 5) is 0. The van der Waals surface area contributed by atoms with Gasteiger partial charge in [-0.15, -0.1) is 0 Å². The van der Waals surface area contributed by atoms with Gasteiger partial charge in [0.15, 0.2) is 0 Å². The van der Waals surface area contributed by atoms with Crippen LogP contribution in [-0.2, 0) is 4.74 Å². The SMILES string of the molecule is CC1CCCCC1OCC(CS)c1ccccc1. The molecule has 0 amide bonds. The van der Waals surface area contributed by atoms with E-state index in [2.05, 4.69) is 49.9 Å². The van der Waals surface area contributed by atoms with Crippen molar-refractivity contribution in [3.8, 4) is 0 Å². The molecule has 0 saturated heterocycles. The first-order chi connectivity index (χ1) is 8.81. The third-order valence-electron chi connectivity index (χ3n) is 4.04. The largest absolute Gasteiger partial charge is 0.377 e. The van der Waals surface area contributed by atoms with Crippen LogP contribution in [-0.4, -0.2) is 18.5 Å². The van der Waals surface area contributed by atoms with Gasteiger partial charge in [-0.05, 0) is 30.1 Å². The molecule has 100 valence electrons. The summed E-state index contributed by atoms with van der Waals surface area (Å²) in [6, 6.07) is 10.6. The second kappa shape index (κ2) is 7.20. The van der Waals surface area contributed by atoms with E-state index in [1.165, 1.54) is 31.2 Å². The zero-order valence-corrected chi connectivity index (χ0v) is 12.1. The quantitative estimate of drug-likeness (QED) is 0.780. The van der Waals surface area contributed by atoms with Crippen LogP contribution < -0.4 is 0 Å². The van der Waals surface area contributed by atoms with E-state index in [0.29, 0.717) is 12.0 Å². The molecule has 2 rings (SSSR count). The summed E-state index contributed by atoms with van der Waals surface area (Å²) < 4.78 is 6.15. The molecule has 1 aromatic rings. The van der Waals surface area contributed by atoms with Gasteiger partial charge in [0.1, 0.15) is 0 Å². The van der Waals surface area contributed by atoms with Gasteiger partial charge < -0.3 is 4.74 Å². The molecule has 1 fully saturated rings. The van der Waals surface area contributed by atoms with Crippen LogP contribution in [0.1, 0.15) is 44.1 Å². The Bertz CT molecular complexity index is 338. The highest BCUT2D eigenvalue weighted by Crippen LogP contribution is 2.28. The third-order valence-corrected chi connectivity index (χ3v) is 4.48. The molecule has 0 aliphatic heterocycles. The van der Waals surface area contributed by atoms with Gasteiger partial charge in [-0.1, -0.05) is 50.1 Å². The molecule has 3 unspecified atom stereocenters. The Morgan fingerprint density at radius 3 is 2.61 bits per heavy atom. The van der Waals surface area contributed by atoms with Crippen molar-refractivity contribution in [1.29, 1.82) is 0 Å². The molecule has 0 bridgehead atoms. The molecule has 1 saturated carbocycles. The summed E-state index contributed by atoms with van der Waals surface area (Å²) in [6.45, 7) is 3.13. The molecule has 2 heteroatoms. The van der Waals surface area contributed by atoms with Gasteiger partial charge in [-0.2, -0.15) is 12.6 Å². The van der Waals surface area contributed by atoms with Crippen LogP contribution in [0.15, 0.2) is 30.3 Å². The van der Waals surface area contributed by atoms with Crippen molar-refractivity contribution in [1.82, 2.24) is 0 Å². The maximum atomic E-state index is 6.15. The number of hydrogen-bond donors (Lipinski definition) is 1. The molecule has 18 heavy (non-hydrogen) atoms. The molecule has 3 atom stereocenters. The minimum absolute atomic E-state index is 0.420. The average molecular weight is 264 g/mol. The molecule has 0 radical (unpaired) electrons. The molecule has 0 spiro atoms. The average Bonchev–Trinajstić information content (AvgIpc) is 2.42. The van der Waals surface area contributed by atoms with Crippen LogP contribution in [0.4, 0.5) is 0 Å². The lowest BCUT2D eigenvalue weighted by molar-refractivity contribution is -0.00965. The van der Waals surface area contributed by atoms with Crippen LogP contribution in [0.2, 0.25) is 0 Å². The fourth-order valence-corrected chi connectivity index (χ4v) is 3.07. The van der Waals surface area contributed by atoms with Crippen LogP contribution in [0, 0.1) is 5.92 Å². The number of benzene rings is 1. The Kier molecular flexibility index (Phi) is 5.58. The standard InChI is InChI=1S/C16H24OS/c1-13-7-5-6-10-16(13)17-11-15(12-18)14-8-3-2-4-9-14/h2-4,8-9,13,15-16,18H,5-7,10-12H2,1H3. The van der Waals surface area contributed by atoms with E-state index in [9.17, 15) is 0 Å². The van der Waals surface area contributed by atoms with Crippen molar-refractivity contribution in [2.45, 2.75) is 44.6 Å². The van der Waals surface area contributed by atoms with Gasteiger partial charge in [-0.25, -0.2) is 0 Å². The van der Waals surface area contributed by atoms with Crippen molar-refractivity contribution in [2.24, 2.45) is 5.92 Å². The molecule has 0 aromatic heterocycles. The van der Waals surface area contributed by atoms with E-state index >= 15 is 0 Å². The van der Waals surface area contributed by atoms with Crippen LogP contribution in [0.5, 0.6) is 0 Å². The van der Waals surface area contributed by atoms with Crippen molar-refractivity contribution in [3.05, 3.63) is 35.9 Å². The van der Waals surface area contributed by atoms with Gasteiger partial charge in [-0.3, -0.25) is 0 Å². The van der Waals surface area contributed by atoms with Gasteiger partial charge in [0.05, 0.1) is 12.7 Å². The minimum Gasteiger partial charge on any atom is -0.377 e. The molecular weight excluding hydrogens is 240 g/mol. The monoisotopic (exact) mass is 264 g/mol. The summed E-state index contributed by atoms with van der Waals surface area (Å²) in [6.07, 6.45) is 5.71. The second-order valence-electron chi connectivity index (χ2n) is 5.42. The van der Waals surface area contributed by atoms with Crippen LogP contribution >= 0.6 is 12.6 Å². The van der Waals surface area contributed by atoms with Crippen LogP contribution in [0.3, 0.4) is 0 Å². The predicted molar refractivity (Wildman–Crippen MR) is 80.4 cm³/mol. The van der Waals surface area contributed by atoms with Crippen molar-refractivity contribution in [2.75, 3.05) is 12.4 Å². The fourth-order valence-electron chi connectivity index (χ4n) is 2.75. The smallest absolute Gasteiger partial charge is 0.0600 e. The normalized spacial score (nSPS) is 25.9. The van der Waals surface area contributed by atoms with Gasteiger partial charge >= 0.3 is 0 Å². The third kappa shape index (κ3) is 3.76. The highest BCUT2D eigenvalue weighted by molar-refractivity contribution is 7.80. The minimum atomic E-state index is 0.420. The summed E-state index contributed by atoms with van der Waals surface area (Å²) in [7, 11) is 0. The van der Waals surface area contributed by atoms with Crippen LogP contribution in [0.25, 0.3) is 0 Å². The van der Waals surface area contributed by atoms with E-state index in [1.54, 1.807) is 0 Å². The van der Waals surface area contributed by atoms with E-state index in [0.717, 1.165) is 18.3 Å². The van der Waals surface area contributed by atoms with E-state index < -0.39 is 0 Å². The van der Waals surface area contributed by atoms with Crippen molar-refractivity contribution < 1.29 is 4.74 Å². The van der Waals surface area contributed by atoms with Gasteiger partial charge in [0.25, 0.3) is 0 Å². The fraction of sp³-hybridized carbons (Fsp3) is 0.625. The van der Waals surface area contributed by atoms with E-state index in [4.69, 9.17) is 4.74 Å². The molecule has 0 heterocycles. The summed E-state index contributed by atoms with van der Waals surface area (Å²) >= 11 is 4.47. The van der Waals surface area contributed by atoms with Gasteiger partial charge in [0, 0.05) is 5.92 Å². The molecule has 1 nitrogen and oxygen atoms in total. The van der Waals surface area contributed by atoms with E-state index in [1.807, 2.05) is 0 Å².